The summed E-state index contributed by atoms with van der Waals surface area (Å²) >= 11 is 0. The van der Waals surface area contributed by atoms with E-state index in [9.17, 15) is 8.42 Å². The zero-order chi connectivity index (χ0) is 17.9. The van der Waals surface area contributed by atoms with Crippen LogP contribution in [0, 0.1) is 0 Å². The van der Waals surface area contributed by atoms with Gasteiger partial charge in [-0.05, 0) is 30.8 Å². The maximum atomic E-state index is 12.1. The molecule has 0 aliphatic heterocycles. The Morgan fingerprint density at radius 3 is 2.52 bits per heavy atom. The Hall–Kier alpha value is -2.64. The maximum absolute atomic E-state index is 12.1. The lowest BCUT2D eigenvalue weighted by atomic mass is 10.1. The highest BCUT2D eigenvalue weighted by Gasteiger charge is 2.16. The second-order valence-corrected chi connectivity index (χ2v) is 7.57. The first kappa shape index (κ1) is 17.2. The molecule has 0 aliphatic rings. The fraction of sp³-hybridized carbons (Fsp3) is 0.167. The third-order valence-electron chi connectivity index (χ3n) is 3.88. The lowest BCUT2D eigenvalue weighted by Gasteiger charge is -2.13. The molecule has 3 rings (SSSR count). The van der Waals surface area contributed by atoms with Crippen molar-refractivity contribution in [3.05, 3.63) is 66.6 Å². The fourth-order valence-corrected chi connectivity index (χ4v) is 3.28. The first-order valence-electron chi connectivity index (χ1n) is 7.83. The Morgan fingerprint density at radius 1 is 1.12 bits per heavy atom. The Kier molecular flexibility index (Phi) is 4.87. The number of aryl methyl sites for hydroxylation is 1. The van der Waals surface area contributed by atoms with Gasteiger partial charge in [0.15, 0.2) is 0 Å². The van der Waals surface area contributed by atoms with E-state index >= 15 is 0 Å². The van der Waals surface area contributed by atoms with Gasteiger partial charge in [-0.2, -0.15) is 0 Å². The Bertz CT molecular complexity index is 966. The van der Waals surface area contributed by atoms with Crippen LogP contribution in [0.2, 0.25) is 0 Å². The van der Waals surface area contributed by atoms with Crippen molar-refractivity contribution in [3.63, 3.8) is 0 Å². The zero-order valence-electron chi connectivity index (χ0n) is 14.1. The maximum Gasteiger partial charge on any atom is 0.240 e. The molecule has 2 N–H and O–H groups in total. The molecule has 0 bridgehead atoms. The number of aromatic nitrogens is 2. The van der Waals surface area contributed by atoms with Crippen LogP contribution in [0.25, 0.3) is 11.3 Å². The van der Waals surface area contributed by atoms with E-state index in [1.807, 2.05) is 48.1 Å². The predicted molar refractivity (Wildman–Crippen MR) is 98.7 cm³/mol. The Balaban J connectivity index is 1.99. The van der Waals surface area contributed by atoms with Crippen LogP contribution in [-0.2, 0) is 23.6 Å². The summed E-state index contributed by atoms with van der Waals surface area (Å²) in [4.78, 5) is 4.57. The van der Waals surface area contributed by atoms with Gasteiger partial charge in [0.25, 0.3) is 0 Å². The molecule has 7 heteroatoms. The SMILES string of the molecule is CNS(=O)(=O)c1ccc(NCc2ccccc2)c(-c2cn(C)cn2)c1. The van der Waals surface area contributed by atoms with E-state index in [0.29, 0.717) is 12.2 Å². The van der Waals surface area contributed by atoms with Crippen molar-refractivity contribution in [1.82, 2.24) is 14.3 Å². The molecule has 0 aliphatic carbocycles. The number of anilines is 1. The topological polar surface area (TPSA) is 76.0 Å². The highest BCUT2D eigenvalue weighted by molar-refractivity contribution is 7.89. The molecule has 3 aromatic rings. The molecule has 6 nitrogen and oxygen atoms in total. The molecule has 0 saturated carbocycles. The first-order chi connectivity index (χ1) is 12.0. The lowest BCUT2D eigenvalue weighted by Crippen LogP contribution is -2.18. The van der Waals surface area contributed by atoms with Gasteiger partial charge in [0.05, 0.1) is 16.9 Å². The molecule has 0 saturated heterocycles. The fourth-order valence-electron chi connectivity index (χ4n) is 2.52. The van der Waals surface area contributed by atoms with Crippen LogP contribution in [0.4, 0.5) is 5.69 Å². The average Bonchev–Trinajstić information content (AvgIpc) is 3.07. The number of rotatable bonds is 6. The van der Waals surface area contributed by atoms with Gasteiger partial charge in [0, 0.05) is 31.0 Å². The Labute approximate surface area is 147 Å². The minimum absolute atomic E-state index is 0.209. The van der Waals surface area contributed by atoms with Gasteiger partial charge in [-0.15, -0.1) is 0 Å². The van der Waals surface area contributed by atoms with E-state index in [1.165, 1.54) is 7.05 Å². The van der Waals surface area contributed by atoms with Gasteiger partial charge >= 0.3 is 0 Å². The van der Waals surface area contributed by atoms with Crippen molar-refractivity contribution < 1.29 is 8.42 Å². The summed E-state index contributed by atoms with van der Waals surface area (Å²) in [6.45, 7) is 0.638. The standard InChI is InChI=1S/C18H20N4O2S/c1-19-25(23,24)15-8-9-17(20-11-14-6-4-3-5-7-14)16(10-15)18-12-22(2)13-21-18/h3-10,12-13,19-20H,11H2,1-2H3. The molecular formula is C18H20N4O2S. The van der Waals surface area contributed by atoms with Gasteiger partial charge in [0.2, 0.25) is 10.0 Å². The van der Waals surface area contributed by atoms with E-state index < -0.39 is 10.0 Å². The Morgan fingerprint density at radius 2 is 1.88 bits per heavy atom. The van der Waals surface area contributed by atoms with Crippen molar-refractivity contribution in [2.45, 2.75) is 11.4 Å². The summed E-state index contributed by atoms with van der Waals surface area (Å²) in [6.07, 6.45) is 3.55. The summed E-state index contributed by atoms with van der Waals surface area (Å²) in [5.74, 6) is 0. The molecule has 0 fully saturated rings. The average molecular weight is 356 g/mol. The van der Waals surface area contributed by atoms with Crippen molar-refractivity contribution in [3.8, 4) is 11.3 Å². The van der Waals surface area contributed by atoms with Gasteiger partial charge in [-0.1, -0.05) is 30.3 Å². The van der Waals surface area contributed by atoms with Gasteiger partial charge < -0.3 is 9.88 Å². The zero-order valence-corrected chi connectivity index (χ0v) is 14.9. The van der Waals surface area contributed by atoms with Crippen LogP contribution in [0.5, 0.6) is 0 Å². The highest BCUT2D eigenvalue weighted by Crippen LogP contribution is 2.29. The molecular weight excluding hydrogens is 336 g/mol. The summed E-state index contributed by atoms with van der Waals surface area (Å²) in [5.41, 5.74) is 3.43. The third-order valence-corrected chi connectivity index (χ3v) is 5.29. The minimum Gasteiger partial charge on any atom is -0.380 e. The number of nitrogens with one attached hydrogen (secondary N) is 2. The van der Waals surface area contributed by atoms with Gasteiger partial charge in [-0.25, -0.2) is 18.1 Å². The largest absolute Gasteiger partial charge is 0.380 e. The van der Waals surface area contributed by atoms with Crippen LogP contribution in [0.1, 0.15) is 5.56 Å². The number of sulfonamides is 1. The molecule has 0 unspecified atom stereocenters. The molecule has 2 aromatic carbocycles. The van der Waals surface area contributed by atoms with Crippen LogP contribution in [-0.4, -0.2) is 25.0 Å². The molecule has 130 valence electrons. The molecule has 0 spiro atoms. The molecule has 0 amide bonds. The van der Waals surface area contributed by atoms with Crippen molar-refractivity contribution in [2.75, 3.05) is 12.4 Å². The van der Waals surface area contributed by atoms with Gasteiger partial charge in [-0.3, -0.25) is 0 Å². The van der Waals surface area contributed by atoms with E-state index in [1.54, 1.807) is 24.5 Å². The number of hydrogen-bond acceptors (Lipinski definition) is 4. The normalized spacial score (nSPS) is 11.4. The summed E-state index contributed by atoms with van der Waals surface area (Å²) in [7, 11) is -0.241. The third kappa shape index (κ3) is 3.89. The second-order valence-electron chi connectivity index (χ2n) is 5.68. The monoisotopic (exact) mass is 356 g/mol. The summed E-state index contributed by atoms with van der Waals surface area (Å²) in [5, 5.41) is 3.37. The second kappa shape index (κ2) is 7.08. The van der Waals surface area contributed by atoms with Crippen LogP contribution >= 0.6 is 0 Å². The first-order valence-corrected chi connectivity index (χ1v) is 9.31. The molecule has 25 heavy (non-hydrogen) atoms. The van der Waals surface area contributed by atoms with Crippen LogP contribution in [0.15, 0.2) is 66.0 Å². The van der Waals surface area contributed by atoms with E-state index in [0.717, 1.165) is 16.8 Å². The number of benzene rings is 2. The van der Waals surface area contributed by atoms with Crippen molar-refractivity contribution in [1.29, 1.82) is 0 Å². The van der Waals surface area contributed by atoms with E-state index in [4.69, 9.17) is 0 Å². The molecule has 0 radical (unpaired) electrons. The summed E-state index contributed by atoms with van der Waals surface area (Å²) in [6, 6.07) is 15.0. The van der Waals surface area contributed by atoms with E-state index in [-0.39, 0.29) is 4.90 Å². The van der Waals surface area contributed by atoms with Crippen molar-refractivity contribution in [2.24, 2.45) is 7.05 Å². The molecule has 1 aromatic heterocycles. The predicted octanol–water partition coefficient (Wildman–Crippen LogP) is 2.61. The summed E-state index contributed by atoms with van der Waals surface area (Å²) < 4.78 is 28.4. The van der Waals surface area contributed by atoms with Crippen LogP contribution in [0.3, 0.4) is 0 Å². The molecule has 1 heterocycles. The van der Waals surface area contributed by atoms with E-state index in [2.05, 4.69) is 15.0 Å². The number of hydrogen-bond donors (Lipinski definition) is 2. The number of imidazole rings is 1. The van der Waals surface area contributed by atoms with Crippen LogP contribution < -0.4 is 10.0 Å². The van der Waals surface area contributed by atoms with Gasteiger partial charge in [0.1, 0.15) is 0 Å². The minimum atomic E-state index is -3.52. The molecule has 0 atom stereocenters. The number of nitrogens with zero attached hydrogens (tertiary/aromatic N) is 2. The quantitative estimate of drug-likeness (QED) is 0.712. The lowest BCUT2D eigenvalue weighted by molar-refractivity contribution is 0.588. The smallest absolute Gasteiger partial charge is 0.240 e. The van der Waals surface area contributed by atoms with Crippen molar-refractivity contribution >= 4 is 15.7 Å². The highest BCUT2D eigenvalue weighted by atomic mass is 32.2.